The topological polar surface area (TPSA) is 23.6 Å². The van der Waals surface area contributed by atoms with Crippen molar-refractivity contribution in [3.05, 3.63) is 71.3 Å². The van der Waals surface area contributed by atoms with Crippen molar-refractivity contribution in [2.45, 2.75) is 63.8 Å². The first-order valence-corrected chi connectivity index (χ1v) is 12.8. The predicted octanol–water partition coefficient (Wildman–Crippen LogP) is 5.90. The maximum Gasteiger partial charge on any atom is 0.254 e. The Morgan fingerprint density at radius 3 is 2.34 bits per heavy atom. The zero-order valence-corrected chi connectivity index (χ0v) is 19.6. The predicted molar refractivity (Wildman–Crippen MR) is 131 cm³/mol. The third-order valence-corrected chi connectivity index (χ3v) is 8.05. The zero-order valence-electron chi connectivity index (χ0n) is 19.6. The van der Waals surface area contributed by atoms with Crippen molar-refractivity contribution in [2.24, 2.45) is 11.8 Å². The minimum Gasteiger partial charge on any atom is -0.335 e. The van der Waals surface area contributed by atoms with Crippen molar-refractivity contribution < 1.29 is 4.79 Å². The molecule has 3 aliphatic rings. The Morgan fingerprint density at radius 2 is 1.62 bits per heavy atom. The van der Waals surface area contributed by atoms with Crippen LogP contribution in [0, 0.1) is 18.8 Å². The molecule has 3 nitrogen and oxygen atoms in total. The van der Waals surface area contributed by atoms with E-state index >= 15 is 0 Å². The summed E-state index contributed by atoms with van der Waals surface area (Å²) >= 11 is 0. The van der Waals surface area contributed by atoms with Gasteiger partial charge < -0.3 is 9.80 Å². The molecule has 32 heavy (non-hydrogen) atoms. The van der Waals surface area contributed by atoms with E-state index in [1.807, 2.05) is 30.3 Å². The Morgan fingerprint density at radius 1 is 0.906 bits per heavy atom. The van der Waals surface area contributed by atoms with Crippen LogP contribution in [0.2, 0.25) is 0 Å². The summed E-state index contributed by atoms with van der Waals surface area (Å²) in [5.41, 5.74) is 3.74. The number of hydrogen-bond acceptors (Lipinski definition) is 2. The lowest BCUT2D eigenvalue weighted by Gasteiger charge is -2.37. The van der Waals surface area contributed by atoms with Crippen LogP contribution in [-0.2, 0) is 0 Å². The van der Waals surface area contributed by atoms with Gasteiger partial charge >= 0.3 is 0 Å². The third-order valence-electron chi connectivity index (χ3n) is 8.05. The van der Waals surface area contributed by atoms with Crippen molar-refractivity contribution in [1.82, 2.24) is 9.80 Å². The molecule has 1 amide bonds. The van der Waals surface area contributed by atoms with Crippen LogP contribution in [0.1, 0.15) is 72.3 Å². The van der Waals surface area contributed by atoms with Crippen LogP contribution in [0.5, 0.6) is 0 Å². The van der Waals surface area contributed by atoms with Gasteiger partial charge in [0.15, 0.2) is 0 Å². The molecule has 170 valence electrons. The molecule has 2 aliphatic carbocycles. The fourth-order valence-electron chi connectivity index (χ4n) is 6.11. The summed E-state index contributed by atoms with van der Waals surface area (Å²) in [6.45, 7) is 6.66. The number of carbonyl (C=O) groups excluding carboxylic acids is 1. The number of hydrogen-bond donors (Lipinski definition) is 0. The summed E-state index contributed by atoms with van der Waals surface area (Å²) in [6.07, 6.45) is 8.94. The normalized spacial score (nSPS) is 24.5. The van der Waals surface area contributed by atoms with Gasteiger partial charge in [0.2, 0.25) is 0 Å². The van der Waals surface area contributed by atoms with Crippen molar-refractivity contribution in [3.63, 3.8) is 0 Å². The lowest BCUT2D eigenvalue weighted by Crippen LogP contribution is -2.45. The first-order valence-electron chi connectivity index (χ1n) is 12.8. The number of benzene rings is 2. The van der Waals surface area contributed by atoms with Crippen LogP contribution in [-0.4, -0.2) is 47.9 Å². The summed E-state index contributed by atoms with van der Waals surface area (Å²) in [6, 6.07) is 19.3. The largest absolute Gasteiger partial charge is 0.335 e. The van der Waals surface area contributed by atoms with Gasteiger partial charge in [-0.05, 0) is 67.7 Å². The van der Waals surface area contributed by atoms with Gasteiger partial charge in [0, 0.05) is 43.7 Å². The summed E-state index contributed by atoms with van der Waals surface area (Å²) in [7, 11) is 0. The summed E-state index contributed by atoms with van der Waals surface area (Å²) in [4.78, 5) is 18.7. The molecule has 2 aromatic carbocycles. The molecule has 5 rings (SSSR count). The molecule has 1 heterocycles. The van der Waals surface area contributed by atoms with Gasteiger partial charge in [-0.15, -0.1) is 0 Å². The highest BCUT2D eigenvalue weighted by Gasteiger charge is 2.39. The van der Waals surface area contributed by atoms with E-state index in [0.717, 1.165) is 44.0 Å². The molecule has 3 fully saturated rings. The third kappa shape index (κ3) is 4.93. The van der Waals surface area contributed by atoms with E-state index in [1.165, 1.54) is 49.8 Å². The van der Waals surface area contributed by atoms with Gasteiger partial charge in [-0.25, -0.2) is 0 Å². The molecule has 1 aliphatic heterocycles. The van der Waals surface area contributed by atoms with E-state index in [9.17, 15) is 4.79 Å². The fourth-order valence-corrected chi connectivity index (χ4v) is 6.11. The Hall–Kier alpha value is -2.13. The Kier molecular flexibility index (Phi) is 6.64. The number of aryl methyl sites for hydroxylation is 1. The van der Waals surface area contributed by atoms with Gasteiger partial charge in [0.1, 0.15) is 0 Å². The number of nitrogens with zero attached hydrogens (tertiary/aromatic N) is 2. The molecule has 0 spiro atoms. The van der Waals surface area contributed by atoms with Gasteiger partial charge in [-0.1, -0.05) is 61.7 Å². The van der Waals surface area contributed by atoms with Crippen molar-refractivity contribution in [3.8, 4) is 0 Å². The van der Waals surface area contributed by atoms with E-state index in [0.29, 0.717) is 17.9 Å². The standard InChI is InChI=1S/C29H38N2O/c1-22-10-8-9-15-27(22)28-21-30(18-23-16-17-23)19-25(28)20-31(26-13-6-3-7-14-26)29(32)24-11-4-2-5-12-24/h2,4-5,8-12,15,23,25-26,28H,3,6-7,13-14,16-21H2,1H3. The minimum absolute atomic E-state index is 0.238. The van der Waals surface area contributed by atoms with Crippen LogP contribution in [0.3, 0.4) is 0 Å². The first-order chi connectivity index (χ1) is 15.7. The maximum absolute atomic E-state index is 13.7. The maximum atomic E-state index is 13.7. The molecule has 2 atom stereocenters. The zero-order chi connectivity index (χ0) is 21.9. The van der Waals surface area contributed by atoms with Gasteiger partial charge in [-0.2, -0.15) is 0 Å². The molecular weight excluding hydrogens is 392 g/mol. The van der Waals surface area contributed by atoms with Crippen LogP contribution in [0.15, 0.2) is 54.6 Å². The number of rotatable bonds is 7. The van der Waals surface area contributed by atoms with E-state index in [-0.39, 0.29) is 5.91 Å². The second-order valence-corrected chi connectivity index (χ2v) is 10.5. The lowest BCUT2D eigenvalue weighted by molar-refractivity contribution is 0.0588. The van der Waals surface area contributed by atoms with E-state index in [2.05, 4.69) is 41.0 Å². The van der Waals surface area contributed by atoms with Crippen LogP contribution < -0.4 is 0 Å². The molecule has 2 saturated carbocycles. The van der Waals surface area contributed by atoms with Gasteiger partial charge in [0.05, 0.1) is 0 Å². The minimum atomic E-state index is 0.238. The highest BCUT2D eigenvalue weighted by atomic mass is 16.2. The molecule has 3 heteroatoms. The quantitative estimate of drug-likeness (QED) is 0.546. The molecular formula is C29H38N2O. The van der Waals surface area contributed by atoms with E-state index in [4.69, 9.17) is 0 Å². The van der Waals surface area contributed by atoms with Crippen LogP contribution in [0.25, 0.3) is 0 Å². The molecule has 0 radical (unpaired) electrons. The molecule has 0 bridgehead atoms. The second kappa shape index (κ2) is 9.79. The average molecular weight is 431 g/mol. The fraction of sp³-hybridized carbons (Fsp3) is 0.552. The van der Waals surface area contributed by atoms with E-state index < -0.39 is 0 Å². The monoisotopic (exact) mass is 430 g/mol. The lowest BCUT2D eigenvalue weighted by atomic mass is 9.85. The number of carbonyl (C=O) groups is 1. The smallest absolute Gasteiger partial charge is 0.254 e. The van der Waals surface area contributed by atoms with Crippen molar-refractivity contribution in [2.75, 3.05) is 26.2 Å². The summed E-state index contributed by atoms with van der Waals surface area (Å²) in [5, 5.41) is 0. The molecule has 1 saturated heterocycles. The van der Waals surface area contributed by atoms with Crippen LogP contribution in [0.4, 0.5) is 0 Å². The molecule has 0 N–H and O–H groups in total. The van der Waals surface area contributed by atoms with Crippen molar-refractivity contribution >= 4 is 5.91 Å². The highest BCUT2D eigenvalue weighted by molar-refractivity contribution is 5.94. The Bertz CT molecular complexity index is 900. The summed E-state index contributed by atoms with van der Waals surface area (Å²) in [5.74, 6) is 2.17. The van der Waals surface area contributed by atoms with Crippen LogP contribution >= 0.6 is 0 Å². The van der Waals surface area contributed by atoms with E-state index in [1.54, 1.807) is 0 Å². The van der Waals surface area contributed by atoms with Gasteiger partial charge in [0.25, 0.3) is 5.91 Å². The second-order valence-electron chi connectivity index (χ2n) is 10.5. The highest BCUT2D eigenvalue weighted by Crippen LogP contribution is 2.39. The molecule has 2 aromatic rings. The summed E-state index contributed by atoms with van der Waals surface area (Å²) < 4.78 is 0. The first kappa shape index (κ1) is 21.7. The molecule has 0 aromatic heterocycles. The Balaban J connectivity index is 1.41. The number of likely N-dealkylation sites (tertiary alicyclic amines) is 1. The SMILES string of the molecule is Cc1ccccc1C1CN(CC2CC2)CC1CN(C(=O)c1ccccc1)C1CCCCC1. The number of amides is 1. The molecule has 2 unspecified atom stereocenters. The average Bonchev–Trinajstić information content (AvgIpc) is 3.56. The van der Waals surface area contributed by atoms with Crippen molar-refractivity contribution in [1.29, 1.82) is 0 Å². The van der Waals surface area contributed by atoms with Gasteiger partial charge in [-0.3, -0.25) is 4.79 Å². The Labute approximate surface area is 193 Å².